The molecule has 0 saturated heterocycles. The fourth-order valence-electron chi connectivity index (χ4n) is 3.16. The van der Waals surface area contributed by atoms with Crippen molar-refractivity contribution in [2.24, 2.45) is 0 Å². The van der Waals surface area contributed by atoms with Gasteiger partial charge in [0.25, 0.3) is 0 Å². The van der Waals surface area contributed by atoms with Crippen molar-refractivity contribution in [1.29, 1.82) is 0 Å². The Labute approximate surface area is 131 Å². The first-order chi connectivity index (χ1) is 10.5. The molecule has 2 heterocycles. The fourth-order valence-corrected chi connectivity index (χ4v) is 3.16. The van der Waals surface area contributed by atoms with Crippen molar-refractivity contribution in [3.8, 4) is 5.75 Å². The van der Waals surface area contributed by atoms with Gasteiger partial charge in [0.15, 0.2) is 0 Å². The van der Waals surface area contributed by atoms with Gasteiger partial charge in [-0.15, -0.1) is 10.2 Å². The number of aromatic nitrogens is 3. The van der Waals surface area contributed by atoms with Crippen LogP contribution in [0, 0.1) is 0 Å². The van der Waals surface area contributed by atoms with Crippen LogP contribution in [-0.2, 0) is 13.0 Å². The van der Waals surface area contributed by atoms with Crippen LogP contribution in [0.3, 0.4) is 0 Å². The van der Waals surface area contributed by atoms with Crippen LogP contribution in [0.4, 0.5) is 0 Å². The number of rotatable bonds is 4. The predicted octanol–water partition coefficient (Wildman–Crippen LogP) is 2.77. The van der Waals surface area contributed by atoms with Crippen LogP contribution in [0.5, 0.6) is 5.75 Å². The summed E-state index contributed by atoms with van der Waals surface area (Å²) in [4.78, 5) is 0. The van der Waals surface area contributed by atoms with E-state index >= 15 is 0 Å². The predicted molar refractivity (Wildman–Crippen MR) is 85.9 cm³/mol. The number of nitrogens with one attached hydrogen (secondary N) is 1. The Morgan fingerprint density at radius 1 is 1.27 bits per heavy atom. The van der Waals surface area contributed by atoms with Crippen LogP contribution < -0.4 is 5.32 Å². The Balaban J connectivity index is 1.71. The van der Waals surface area contributed by atoms with Gasteiger partial charge in [0.05, 0.1) is 0 Å². The van der Waals surface area contributed by atoms with E-state index in [2.05, 4.69) is 40.9 Å². The molecule has 2 N–H and O–H groups in total. The highest BCUT2D eigenvalue weighted by atomic mass is 16.3. The van der Waals surface area contributed by atoms with Gasteiger partial charge in [0, 0.05) is 31.0 Å². The topological polar surface area (TPSA) is 63.0 Å². The molecule has 1 aliphatic heterocycles. The molecular weight excluding hydrogens is 276 g/mol. The monoisotopic (exact) mass is 300 g/mol. The van der Waals surface area contributed by atoms with Gasteiger partial charge in [-0.25, -0.2) is 0 Å². The molecule has 1 aromatic carbocycles. The summed E-state index contributed by atoms with van der Waals surface area (Å²) in [6, 6.07) is 8.07. The summed E-state index contributed by atoms with van der Waals surface area (Å²) >= 11 is 0. The van der Waals surface area contributed by atoms with Crippen LogP contribution in [-0.4, -0.2) is 25.9 Å². The first-order valence-electron chi connectivity index (χ1n) is 8.01. The molecule has 2 atom stereocenters. The molecule has 0 radical (unpaired) electrons. The van der Waals surface area contributed by atoms with E-state index in [-0.39, 0.29) is 6.04 Å². The highest BCUT2D eigenvalue weighted by Crippen LogP contribution is 2.23. The van der Waals surface area contributed by atoms with Crippen LogP contribution in [0.2, 0.25) is 0 Å². The quantitative estimate of drug-likeness (QED) is 0.911. The van der Waals surface area contributed by atoms with Gasteiger partial charge in [0.1, 0.15) is 17.4 Å². The number of hydrogen-bond donors (Lipinski definition) is 2. The number of aromatic hydroxyl groups is 1. The zero-order valence-corrected chi connectivity index (χ0v) is 13.5. The van der Waals surface area contributed by atoms with Gasteiger partial charge in [0.2, 0.25) is 0 Å². The van der Waals surface area contributed by atoms with Crippen LogP contribution in [0.1, 0.15) is 56.4 Å². The molecular formula is C17H24N4O. The maximum absolute atomic E-state index is 9.62. The Hall–Kier alpha value is -1.88. The number of nitrogens with zero attached hydrogens (tertiary/aromatic N) is 3. The Morgan fingerprint density at radius 3 is 2.82 bits per heavy atom. The van der Waals surface area contributed by atoms with E-state index in [4.69, 9.17) is 0 Å². The highest BCUT2D eigenvalue weighted by Gasteiger charge is 2.25. The average molecular weight is 300 g/mol. The zero-order valence-electron chi connectivity index (χ0n) is 13.5. The first kappa shape index (κ1) is 15.0. The first-order valence-corrected chi connectivity index (χ1v) is 8.01. The summed E-state index contributed by atoms with van der Waals surface area (Å²) in [5.74, 6) is 2.89. The van der Waals surface area contributed by atoms with Crippen molar-refractivity contribution in [3.05, 3.63) is 41.5 Å². The molecule has 1 aromatic heterocycles. The number of aryl methyl sites for hydroxylation is 1. The van der Waals surface area contributed by atoms with E-state index < -0.39 is 0 Å². The molecule has 22 heavy (non-hydrogen) atoms. The lowest BCUT2D eigenvalue weighted by Gasteiger charge is -2.29. The van der Waals surface area contributed by atoms with E-state index in [1.807, 2.05) is 18.2 Å². The summed E-state index contributed by atoms with van der Waals surface area (Å²) in [6.45, 7) is 7.37. The molecule has 0 amide bonds. The molecule has 0 bridgehead atoms. The Morgan fingerprint density at radius 2 is 2.09 bits per heavy atom. The fraction of sp³-hybridized carbons (Fsp3) is 0.529. The van der Waals surface area contributed by atoms with Crippen LogP contribution in [0.15, 0.2) is 24.3 Å². The maximum atomic E-state index is 9.62. The highest BCUT2D eigenvalue weighted by molar-refractivity contribution is 5.29. The minimum absolute atomic E-state index is 0.206. The van der Waals surface area contributed by atoms with E-state index in [1.54, 1.807) is 6.07 Å². The van der Waals surface area contributed by atoms with Crippen molar-refractivity contribution in [2.75, 3.05) is 0 Å². The summed E-state index contributed by atoms with van der Waals surface area (Å²) < 4.78 is 2.26. The second-order valence-electron chi connectivity index (χ2n) is 6.46. The lowest BCUT2D eigenvalue weighted by atomic mass is 10.0. The molecule has 5 heteroatoms. The zero-order chi connectivity index (χ0) is 15.7. The van der Waals surface area contributed by atoms with E-state index in [1.165, 1.54) is 0 Å². The molecule has 1 aliphatic rings. The summed E-state index contributed by atoms with van der Waals surface area (Å²) in [5.41, 5.74) is 1.11. The van der Waals surface area contributed by atoms with Crippen molar-refractivity contribution in [1.82, 2.24) is 20.1 Å². The van der Waals surface area contributed by atoms with E-state index in [9.17, 15) is 5.11 Å². The summed E-state index contributed by atoms with van der Waals surface area (Å²) in [6.07, 6.45) is 2.03. The Kier molecular flexibility index (Phi) is 4.16. The van der Waals surface area contributed by atoms with Gasteiger partial charge in [-0.2, -0.15) is 0 Å². The molecule has 0 fully saturated rings. The number of benzene rings is 1. The molecule has 5 nitrogen and oxygen atoms in total. The standard InChI is InChI=1S/C17H24N4O/c1-11(2)17-20-19-16-8-7-14(10-21(16)17)18-12(3)13-5-4-6-15(22)9-13/h4-6,9,11-12,14,18,22H,7-8,10H2,1-3H3/t12-,14-/m0/s1. The molecule has 0 saturated carbocycles. The van der Waals surface area contributed by atoms with Crippen molar-refractivity contribution in [3.63, 3.8) is 0 Å². The van der Waals surface area contributed by atoms with Crippen molar-refractivity contribution >= 4 is 0 Å². The Bertz CT molecular complexity index is 650. The van der Waals surface area contributed by atoms with Gasteiger partial charge >= 0.3 is 0 Å². The number of hydrogen-bond acceptors (Lipinski definition) is 4. The SMILES string of the molecule is CC(C)c1nnc2n1C[C@@H](N[C@@H](C)c1cccc(O)c1)CC2. The second-order valence-corrected chi connectivity index (χ2v) is 6.46. The minimum atomic E-state index is 0.206. The van der Waals surface area contributed by atoms with Gasteiger partial charge in [-0.05, 0) is 31.0 Å². The van der Waals surface area contributed by atoms with Crippen LogP contribution in [0.25, 0.3) is 0 Å². The van der Waals surface area contributed by atoms with E-state index in [0.717, 1.165) is 36.6 Å². The normalized spacial score (nSPS) is 19.2. The smallest absolute Gasteiger partial charge is 0.135 e. The lowest BCUT2D eigenvalue weighted by Crippen LogP contribution is -2.39. The second kappa shape index (κ2) is 6.08. The van der Waals surface area contributed by atoms with Gasteiger partial charge in [-0.1, -0.05) is 26.0 Å². The van der Waals surface area contributed by atoms with Crippen LogP contribution >= 0.6 is 0 Å². The van der Waals surface area contributed by atoms with Crippen molar-refractivity contribution < 1.29 is 5.11 Å². The van der Waals surface area contributed by atoms with E-state index in [0.29, 0.717) is 17.7 Å². The number of fused-ring (bicyclic) bond motifs is 1. The third-order valence-corrected chi connectivity index (χ3v) is 4.35. The van der Waals surface area contributed by atoms with Gasteiger partial charge in [-0.3, -0.25) is 0 Å². The largest absolute Gasteiger partial charge is 0.508 e. The number of phenolic OH excluding ortho intramolecular Hbond substituents is 1. The maximum Gasteiger partial charge on any atom is 0.135 e. The minimum Gasteiger partial charge on any atom is -0.508 e. The third kappa shape index (κ3) is 2.99. The molecule has 2 aromatic rings. The summed E-state index contributed by atoms with van der Waals surface area (Å²) in [5, 5.41) is 21.9. The molecule has 0 aliphatic carbocycles. The lowest BCUT2D eigenvalue weighted by molar-refractivity contribution is 0.345. The molecule has 0 spiro atoms. The molecule has 3 rings (SSSR count). The summed E-state index contributed by atoms with van der Waals surface area (Å²) in [7, 11) is 0. The number of phenols is 1. The van der Waals surface area contributed by atoms with Gasteiger partial charge < -0.3 is 15.0 Å². The van der Waals surface area contributed by atoms with Crippen molar-refractivity contribution in [2.45, 2.75) is 58.2 Å². The third-order valence-electron chi connectivity index (χ3n) is 4.35. The average Bonchev–Trinajstić information content (AvgIpc) is 2.90. The molecule has 0 unspecified atom stereocenters. The molecule has 118 valence electrons.